The van der Waals surface area contributed by atoms with Crippen molar-refractivity contribution in [3.8, 4) is 22.6 Å². The van der Waals surface area contributed by atoms with Crippen molar-refractivity contribution in [1.29, 1.82) is 0 Å². The van der Waals surface area contributed by atoms with Crippen LogP contribution in [0.3, 0.4) is 0 Å². The molecule has 5 rings (SSSR count). The second-order valence-corrected chi connectivity index (χ2v) is 10.2. The summed E-state index contributed by atoms with van der Waals surface area (Å²) in [5, 5.41) is 5.42. The summed E-state index contributed by atoms with van der Waals surface area (Å²) in [6.07, 6.45) is 1.49. The lowest BCUT2D eigenvalue weighted by molar-refractivity contribution is 0.0728. The standard InChI is InChI=1S/C31H23ClIN3O4/c1-2-39-26-17-19(15-16-25(26)40-31(38)21-11-6-7-13-23(21)32)18-34-36-30(37)29-27(20-9-4-3-5-10-20)22-12-8-14-24(33)28(22)35-29/h3-18,35H,2H2,1H3,(H,36,37). The molecular formula is C31H23ClIN3O4. The van der Waals surface area contributed by atoms with Crippen LogP contribution in [0.15, 0.2) is 96.1 Å². The Kier molecular flexibility index (Phi) is 8.47. The second-order valence-electron chi connectivity index (χ2n) is 8.61. The van der Waals surface area contributed by atoms with Crippen molar-refractivity contribution >= 4 is 63.2 Å². The number of fused-ring (bicyclic) bond motifs is 1. The van der Waals surface area contributed by atoms with Crippen LogP contribution in [0.1, 0.15) is 33.3 Å². The van der Waals surface area contributed by atoms with E-state index in [1.165, 1.54) is 6.21 Å². The SMILES string of the molecule is CCOc1cc(C=NNC(=O)c2[nH]c3c(I)cccc3c2-c2ccccc2)ccc1OC(=O)c1ccccc1Cl. The number of hydrazone groups is 1. The number of rotatable bonds is 8. The molecule has 9 heteroatoms. The summed E-state index contributed by atoms with van der Waals surface area (Å²) >= 11 is 8.38. The first-order chi connectivity index (χ1) is 19.5. The molecule has 2 N–H and O–H groups in total. The van der Waals surface area contributed by atoms with Crippen molar-refractivity contribution in [2.45, 2.75) is 6.92 Å². The van der Waals surface area contributed by atoms with Crippen molar-refractivity contribution in [2.24, 2.45) is 5.10 Å². The van der Waals surface area contributed by atoms with Crippen molar-refractivity contribution in [3.05, 3.63) is 116 Å². The highest BCUT2D eigenvalue weighted by atomic mass is 127. The van der Waals surface area contributed by atoms with Gasteiger partial charge in [0.25, 0.3) is 5.91 Å². The van der Waals surface area contributed by atoms with Crippen molar-refractivity contribution < 1.29 is 19.1 Å². The summed E-state index contributed by atoms with van der Waals surface area (Å²) in [6.45, 7) is 2.18. The lowest BCUT2D eigenvalue weighted by Crippen LogP contribution is -2.19. The molecule has 0 radical (unpaired) electrons. The number of benzene rings is 4. The Morgan fingerprint density at radius 2 is 1.75 bits per heavy atom. The summed E-state index contributed by atoms with van der Waals surface area (Å²) in [5.41, 5.74) is 6.55. The molecule has 0 aliphatic rings. The zero-order chi connectivity index (χ0) is 28.1. The molecule has 4 aromatic carbocycles. The Bertz CT molecular complexity index is 1730. The van der Waals surface area contributed by atoms with Crippen molar-refractivity contribution in [3.63, 3.8) is 0 Å². The van der Waals surface area contributed by atoms with Crippen LogP contribution in [0.2, 0.25) is 5.02 Å². The van der Waals surface area contributed by atoms with E-state index < -0.39 is 5.97 Å². The number of para-hydroxylation sites is 1. The van der Waals surface area contributed by atoms with Crippen LogP contribution in [-0.2, 0) is 0 Å². The number of aromatic nitrogens is 1. The molecule has 0 unspecified atom stereocenters. The Labute approximate surface area is 249 Å². The van der Waals surface area contributed by atoms with Crippen LogP contribution in [0.5, 0.6) is 11.5 Å². The van der Waals surface area contributed by atoms with E-state index in [1.807, 2.05) is 55.5 Å². The first-order valence-corrected chi connectivity index (χ1v) is 13.8. The fraction of sp³-hybridized carbons (Fsp3) is 0.0645. The number of amides is 1. The van der Waals surface area contributed by atoms with E-state index in [2.05, 4.69) is 38.1 Å². The summed E-state index contributed by atoms with van der Waals surface area (Å²) in [7, 11) is 0. The van der Waals surface area contributed by atoms with Crippen molar-refractivity contribution in [1.82, 2.24) is 10.4 Å². The maximum Gasteiger partial charge on any atom is 0.345 e. The molecule has 200 valence electrons. The molecule has 1 amide bonds. The van der Waals surface area contributed by atoms with Gasteiger partial charge in [0.2, 0.25) is 0 Å². The van der Waals surface area contributed by atoms with E-state index in [-0.39, 0.29) is 17.2 Å². The van der Waals surface area contributed by atoms with E-state index >= 15 is 0 Å². The molecule has 0 aliphatic carbocycles. The number of nitrogens with zero attached hydrogens (tertiary/aromatic N) is 1. The first-order valence-electron chi connectivity index (χ1n) is 12.4. The molecule has 1 heterocycles. The van der Waals surface area contributed by atoms with Gasteiger partial charge in [0.1, 0.15) is 5.69 Å². The maximum absolute atomic E-state index is 13.3. The van der Waals surface area contributed by atoms with Gasteiger partial charge in [-0.15, -0.1) is 0 Å². The average molecular weight is 664 g/mol. The van der Waals surface area contributed by atoms with Gasteiger partial charge in [0.05, 0.1) is 28.9 Å². The Balaban J connectivity index is 1.37. The highest BCUT2D eigenvalue weighted by Gasteiger charge is 2.20. The van der Waals surface area contributed by atoms with Gasteiger partial charge in [0, 0.05) is 14.5 Å². The molecular weight excluding hydrogens is 641 g/mol. The molecule has 0 bridgehead atoms. The first kappa shape index (κ1) is 27.4. The van der Waals surface area contributed by atoms with Gasteiger partial charge >= 0.3 is 5.97 Å². The number of nitrogens with one attached hydrogen (secondary N) is 2. The highest BCUT2D eigenvalue weighted by molar-refractivity contribution is 14.1. The third kappa shape index (κ3) is 5.88. The Hall–Kier alpha value is -4.15. The third-order valence-corrected chi connectivity index (χ3v) is 7.24. The molecule has 0 saturated heterocycles. The zero-order valence-electron chi connectivity index (χ0n) is 21.3. The molecule has 1 aromatic heterocycles. The number of aromatic amines is 1. The molecule has 0 atom stereocenters. The predicted molar refractivity (Wildman–Crippen MR) is 166 cm³/mol. The van der Waals surface area contributed by atoms with Crippen LogP contribution in [-0.4, -0.2) is 29.7 Å². The van der Waals surface area contributed by atoms with E-state index in [0.717, 1.165) is 25.6 Å². The van der Waals surface area contributed by atoms with Gasteiger partial charge in [-0.05, 0) is 77.0 Å². The molecule has 0 spiro atoms. The summed E-state index contributed by atoms with van der Waals surface area (Å²) in [4.78, 5) is 29.2. The van der Waals surface area contributed by atoms with Crippen LogP contribution in [0.25, 0.3) is 22.0 Å². The highest BCUT2D eigenvalue weighted by Crippen LogP contribution is 2.34. The number of ether oxygens (including phenoxy) is 2. The lowest BCUT2D eigenvalue weighted by atomic mass is 10.0. The topological polar surface area (TPSA) is 92.8 Å². The number of hydrogen-bond acceptors (Lipinski definition) is 5. The summed E-state index contributed by atoms with van der Waals surface area (Å²) in [5.74, 6) is -0.372. The van der Waals surface area contributed by atoms with Gasteiger partial charge in [-0.25, -0.2) is 10.2 Å². The quantitative estimate of drug-likeness (QED) is 0.0592. The van der Waals surface area contributed by atoms with E-state index in [0.29, 0.717) is 28.6 Å². The van der Waals surface area contributed by atoms with Gasteiger partial charge < -0.3 is 14.5 Å². The predicted octanol–water partition coefficient (Wildman–Crippen LogP) is 7.47. The van der Waals surface area contributed by atoms with Gasteiger partial charge in [-0.2, -0.15) is 5.10 Å². The van der Waals surface area contributed by atoms with Crippen LogP contribution >= 0.6 is 34.2 Å². The normalized spacial score (nSPS) is 11.1. The van der Waals surface area contributed by atoms with E-state index in [1.54, 1.807) is 42.5 Å². The third-order valence-electron chi connectivity index (χ3n) is 6.02. The molecule has 5 aromatic rings. The average Bonchev–Trinajstić information content (AvgIpc) is 3.36. The minimum atomic E-state index is -0.595. The zero-order valence-corrected chi connectivity index (χ0v) is 24.2. The van der Waals surface area contributed by atoms with Gasteiger partial charge in [0.15, 0.2) is 11.5 Å². The number of hydrogen-bond donors (Lipinski definition) is 2. The molecule has 0 fully saturated rings. The molecule has 7 nitrogen and oxygen atoms in total. The molecule has 0 aliphatic heterocycles. The number of H-pyrrole nitrogens is 1. The van der Waals surface area contributed by atoms with E-state index in [9.17, 15) is 9.59 Å². The van der Waals surface area contributed by atoms with Crippen LogP contribution in [0.4, 0.5) is 0 Å². The van der Waals surface area contributed by atoms with Gasteiger partial charge in [-0.1, -0.05) is 66.2 Å². The number of halogens is 2. The largest absolute Gasteiger partial charge is 0.490 e. The second kappa shape index (κ2) is 12.4. The van der Waals surface area contributed by atoms with Crippen LogP contribution < -0.4 is 14.9 Å². The minimum absolute atomic E-state index is 0.244. The Morgan fingerprint density at radius 1 is 0.975 bits per heavy atom. The number of carbonyl (C=O) groups is 2. The Morgan fingerprint density at radius 3 is 2.52 bits per heavy atom. The van der Waals surface area contributed by atoms with E-state index in [4.69, 9.17) is 21.1 Å². The number of esters is 1. The van der Waals surface area contributed by atoms with Crippen LogP contribution in [0, 0.1) is 3.57 Å². The maximum atomic E-state index is 13.3. The fourth-order valence-corrected chi connectivity index (χ4v) is 5.06. The molecule has 40 heavy (non-hydrogen) atoms. The fourth-order valence-electron chi connectivity index (χ4n) is 4.22. The summed E-state index contributed by atoms with van der Waals surface area (Å²) in [6, 6.07) is 27.3. The minimum Gasteiger partial charge on any atom is -0.490 e. The number of carbonyl (C=O) groups excluding carboxylic acids is 2. The summed E-state index contributed by atoms with van der Waals surface area (Å²) < 4.78 is 12.2. The molecule has 0 saturated carbocycles. The van der Waals surface area contributed by atoms with Gasteiger partial charge in [-0.3, -0.25) is 4.79 Å². The monoisotopic (exact) mass is 663 g/mol. The van der Waals surface area contributed by atoms with Crippen molar-refractivity contribution in [2.75, 3.05) is 6.61 Å². The smallest absolute Gasteiger partial charge is 0.345 e. The lowest BCUT2D eigenvalue weighted by Gasteiger charge is -2.12.